The molecule has 1 aromatic rings. The fraction of sp³-hybridized carbons (Fsp3) is 0.750. The van der Waals surface area contributed by atoms with E-state index in [1.54, 1.807) is 0 Å². The number of rotatable bonds is 5. The minimum atomic E-state index is -0.898. The van der Waals surface area contributed by atoms with Gasteiger partial charge < -0.3 is 20.1 Å². The molecule has 3 N–H and O–H groups in total. The highest BCUT2D eigenvalue weighted by atomic mass is 16.5. The quantitative estimate of drug-likeness (QED) is 0.704. The van der Waals surface area contributed by atoms with Crippen LogP contribution < -0.4 is 5.73 Å². The molecule has 0 fully saturated rings. The van der Waals surface area contributed by atoms with Crippen LogP contribution in [0.3, 0.4) is 0 Å². The number of hydrogen-bond acceptors (Lipinski definition) is 6. The Labute approximate surface area is 82.1 Å². The molecule has 0 spiro atoms. The van der Waals surface area contributed by atoms with Gasteiger partial charge in [-0.25, -0.2) is 0 Å². The molecule has 0 aromatic carbocycles. The predicted molar refractivity (Wildman–Crippen MR) is 48.4 cm³/mol. The molecule has 80 valence electrons. The first-order valence-electron chi connectivity index (χ1n) is 4.52. The van der Waals surface area contributed by atoms with Crippen LogP contribution in [0.25, 0.3) is 0 Å². The van der Waals surface area contributed by atoms with Gasteiger partial charge in [0.15, 0.2) is 5.82 Å². The summed E-state index contributed by atoms with van der Waals surface area (Å²) in [6.07, 6.45) is -1.13. The summed E-state index contributed by atoms with van der Waals surface area (Å²) in [5.41, 5.74) is 5.24. The number of aromatic nitrogens is 2. The first-order valence-corrected chi connectivity index (χ1v) is 4.52. The zero-order valence-corrected chi connectivity index (χ0v) is 8.30. The van der Waals surface area contributed by atoms with E-state index in [0.717, 1.165) is 0 Å². The lowest BCUT2D eigenvalue weighted by atomic mass is 10.3. The third-order valence-corrected chi connectivity index (χ3v) is 1.75. The van der Waals surface area contributed by atoms with Crippen LogP contribution in [0.2, 0.25) is 0 Å². The van der Waals surface area contributed by atoms with Crippen molar-refractivity contribution in [2.24, 2.45) is 5.73 Å². The van der Waals surface area contributed by atoms with Crippen molar-refractivity contribution in [1.29, 1.82) is 0 Å². The van der Waals surface area contributed by atoms with Crippen molar-refractivity contribution in [3.63, 3.8) is 0 Å². The number of aliphatic hydroxyl groups is 1. The highest BCUT2D eigenvalue weighted by molar-refractivity contribution is 4.92. The fourth-order valence-corrected chi connectivity index (χ4v) is 0.973. The van der Waals surface area contributed by atoms with Crippen molar-refractivity contribution in [3.8, 4) is 0 Å². The van der Waals surface area contributed by atoms with Gasteiger partial charge >= 0.3 is 0 Å². The van der Waals surface area contributed by atoms with Crippen LogP contribution in [-0.4, -0.2) is 28.4 Å². The third-order valence-electron chi connectivity index (χ3n) is 1.75. The molecule has 2 atom stereocenters. The average molecular weight is 201 g/mol. The summed E-state index contributed by atoms with van der Waals surface area (Å²) >= 11 is 0. The van der Waals surface area contributed by atoms with Gasteiger partial charge in [-0.1, -0.05) is 5.16 Å². The maximum Gasteiger partial charge on any atom is 0.256 e. The summed E-state index contributed by atoms with van der Waals surface area (Å²) in [5, 5.41) is 13.0. The van der Waals surface area contributed by atoms with Gasteiger partial charge in [-0.2, -0.15) is 4.98 Å². The second kappa shape index (κ2) is 5.04. The van der Waals surface area contributed by atoms with Crippen LogP contribution in [0, 0.1) is 0 Å². The highest BCUT2D eigenvalue weighted by Gasteiger charge is 2.17. The van der Waals surface area contributed by atoms with E-state index in [2.05, 4.69) is 10.1 Å². The molecule has 6 nitrogen and oxygen atoms in total. The minimum absolute atomic E-state index is 0.0602. The fourth-order valence-electron chi connectivity index (χ4n) is 0.973. The van der Waals surface area contributed by atoms with Crippen molar-refractivity contribution < 1.29 is 14.4 Å². The lowest BCUT2D eigenvalue weighted by Gasteiger charge is -2.05. The van der Waals surface area contributed by atoms with E-state index in [1.165, 1.54) is 0 Å². The normalized spacial score (nSPS) is 15.4. The van der Waals surface area contributed by atoms with Crippen LogP contribution >= 0.6 is 0 Å². The summed E-state index contributed by atoms with van der Waals surface area (Å²) in [7, 11) is 0. The average Bonchev–Trinajstić information content (AvgIpc) is 2.66. The lowest BCUT2D eigenvalue weighted by molar-refractivity contribution is 0.0682. The molecule has 0 aliphatic rings. The van der Waals surface area contributed by atoms with E-state index in [4.69, 9.17) is 15.0 Å². The molecule has 0 radical (unpaired) electrons. The molecule has 1 rings (SSSR count). The molecule has 0 saturated heterocycles. The van der Waals surface area contributed by atoms with Gasteiger partial charge in [0.1, 0.15) is 12.2 Å². The maximum absolute atomic E-state index is 9.29. The Morgan fingerprint density at radius 3 is 2.93 bits per heavy atom. The van der Waals surface area contributed by atoms with Gasteiger partial charge in [0.2, 0.25) is 0 Å². The van der Waals surface area contributed by atoms with Crippen molar-refractivity contribution >= 4 is 0 Å². The Morgan fingerprint density at radius 2 is 2.36 bits per heavy atom. The van der Waals surface area contributed by atoms with Gasteiger partial charge in [-0.05, 0) is 13.8 Å². The van der Waals surface area contributed by atoms with Crippen LogP contribution in [0.15, 0.2) is 4.52 Å². The Balaban J connectivity index is 2.67. The Bertz CT molecular complexity index is 277. The molecular weight excluding hydrogens is 186 g/mol. The summed E-state index contributed by atoms with van der Waals surface area (Å²) in [6, 6.07) is 0. The number of ether oxygens (including phenoxy) is 1. The largest absolute Gasteiger partial charge is 0.382 e. The Hall–Kier alpha value is -0.980. The van der Waals surface area contributed by atoms with Gasteiger partial charge in [-0.3, -0.25) is 0 Å². The molecule has 0 amide bonds. The zero-order chi connectivity index (χ0) is 10.6. The van der Waals surface area contributed by atoms with E-state index in [1.807, 2.05) is 13.8 Å². The van der Waals surface area contributed by atoms with Crippen LogP contribution in [0.5, 0.6) is 0 Å². The lowest BCUT2D eigenvalue weighted by Crippen LogP contribution is -2.12. The Morgan fingerprint density at radius 1 is 1.64 bits per heavy atom. The van der Waals surface area contributed by atoms with Crippen LogP contribution in [-0.2, 0) is 4.74 Å². The van der Waals surface area contributed by atoms with Crippen LogP contribution in [0.4, 0.5) is 0 Å². The second-order valence-electron chi connectivity index (χ2n) is 2.84. The number of aliphatic hydroxyl groups excluding tert-OH is 1. The van der Waals surface area contributed by atoms with Crippen LogP contribution in [0.1, 0.15) is 37.8 Å². The van der Waals surface area contributed by atoms with E-state index in [0.29, 0.717) is 12.4 Å². The van der Waals surface area contributed by atoms with Gasteiger partial charge in [0, 0.05) is 13.2 Å². The molecule has 14 heavy (non-hydrogen) atoms. The molecule has 1 unspecified atom stereocenters. The van der Waals surface area contributed by atoms with Crippen molar-refractivity contribution in [2.45, 2.75) is 26.1 Å². The van der Waals surface area contributed by atoms with E-state index < -0.39 is 6.10 Å². The molecule has 0 saturated carbocycles. The van der Waals surface area contributed by atoms with Gasteiger partial charge in [0.05, 0.1) is 0 Å². The molecule has 0 aliphatic heterocycles. The highest BCUT2D eigenvalue weighted by Crippen LogP contribution is 2.15. The van der Waals surface area contributed by atoms with Gasteiger partial charge in [0.25, 0.3) is 5.89 Å². The van der Waals surface area contributed by atoms with Crippen molar-refractivity contribution in [3.05, 3.63) is 11.7 Å². The third kappa shape index (κ3) is 2.50. The molecule has 6 heteroatoms. The van der Waals surface area contributed by atoms with E-state index in [9.17, 15) is 5.11 Å². The molecule has 0 aliphatic carbocycles. The smallest absolute Gasteiger partial charge is 0.256 e. The van der Waals surface area contributed by atoms with Gasteiger partial charge in [-0.15, -0.1) is 0 Å². The second-order valence-corrected chi connectivity index (χ2v) is 2.84. The topological polar surface area (TPSA) is 94.4 Å². The monoisotopic (exact) mass is 201 g/mol. The summed E-state index contributed by atoms with van der Waals surface area (Å²) in [5.74, 6) is 0.559. The maximum atomic E-state index is 9.29. The summed E-state index contributed by atoms with van der Waals surface area (Å²) < 4.78 is 10.1. The van der Waals surface area contributed by atoms with Crippen molar-refractivity contribution in [2.75, 3.05) is 13.2 Å². The van der Waals surface area contributed by atoms with E-state index >= 15 is 0 Å². The summed E-state index contributed by atoms with van der Waals surface area (Å²) in [4.78, 5) is 3.97. The zero-order valence-electron chi connectivity index (χ0n) is 8.30. The molecule has 1 aromatic heterocycles. The first-order chi connectivity index (χ1) is 6.69. The number of nitrogens with zero attached hydrogens (tertiary/aromatic N) is 2. The van der Waals surface area contributed by atoms with E-state index in [-0.39, 0.29) is 18.5 Å². The summed E-state index contributed by atoms with van der Waals surface area (Å²) in [6.45, 7) is 4.33. The molecule has 1 heterocycles. The predicted octanol–water partition coefficient (Wildman–Crippen LogP) is 0.159. The first kappa shape index (κ1) is 11.1. The molecule has 0 bridgehead atoms. The molecular formula is C8H15N3O3. The standard InChI is InChI=1S/C8H15N3O3/c1-3-13-5(2)7-10-8(14-11-7)6(12)4-9/h5-6,12H,3-4,9H2,1-2H3/t5?,6-/m0/s1. The Kier molecular flexibility index (Phi) is 3.99. The SMILES string of the molecule is CCOC(C)c1noc([C@@H](O)CN)n1. The number of hydrogen-bond donors (Lipinski definition) is 2. The number of nitrogens with two attached hydrogens (primary N) is 1. The van der Waals surface area contributed by atoms with Crippen molar-refractivity contribution in [1.82, 2.24) is 10.1 Å². The minimum Gasteiger partial charge on any atom is -0.382 e.